The molecule has 6 heteroatoms. The second kappa shape index (κ2) is 8.81. The Hall–Kier alpha value is -1.14. The quantitative estimate of drug-likeness (QED) is 0.622. The van der Waals surface area contributed by atoms with Crippen LogP contribution in [0.4, 0.5) is 0 Å². The van der Waals surface area contributed by atoms with Crippen molar-refractivity contribution in [2.75, 3.05) is 6.61 Å². The van der Waals surface area contributed by atoms with Gasteiger partial charge < -0.3 is 20.9 Å². The number of hydrogen-bond donors (Lipinski definition) is 2. The molecule has 0 radical (unpaired) electrons. The summed E-state index contributed by atoms with van der Waals surface area (Å²) in [5, 5.41) is 0. The Morgan fingerprint density at radius 2 is 1.29 bits per heavy atom. The lowest BCUT2D eigenvalue weighted by atomic mass is 9.82. The maximum atomic E-state index is 12.1. The first-order chi connectivity index (χ1) is 10.7. The minimum absolute atomic E-state index is 0.0137. The van der Waals surface area contributed by atoms with Gasteiger partial charge >= 0.3 is 11.9 Å². The number of rotatable bonds is 9. The van der Waals surface area contributed by atoms with Gasteiger partial charge in [-0.2, -0.15) is 0 Å². The number of carbonyl (C=O) groups excluding carboxylic acids is 2. The predicted molar refractivity (Wildman–Crippen MR) is 95.2 cm³/mol. The van der Waals surface area contributed by atoms with Crippen molar-refractivity contribution in [3.05, 3.63) is 0 Å². The van der Waals surface area contributed by atoms with Crippen LogP contribution in [-0.4, -0.2) is 36.2 Å². The zero-order valence-corrected chi connectivity index (χ0v) is 16.5. The molecular weight excluding hydrogens is 308 g/mol. The maximum Gasteiger partial charge on any atom is 0.323 e. The maximum absolute atomic E-state index is 12.1. The summed E-state index contributed by atoms with van der Waals surface area (Å²) < 4.78 is 10.9. The zero-order chi connectivity index (χ0) is 19.3. The fourth-order valence-corrected chi connectivity index (χ4v) is 2.49. The monoisotopic (exact) mass is 344 g/mol. The molecule has 0 rings (SSSR count). The van der Waals surface area contributed by atoms with Crippen LogP contribution in [0.2, 0.25) is 0 Å². The number of hydrogen-bond acceptors (Lipinski definition) is 6. The van der Waals surface area contributed by atoms with E-state index in [1.807, 2.05) is 55.4 Å². The molecule has 0 spiro atoms. The normalized spacial score (nSPS) is 15.3. The van der Waals surface area contributed by atoms with Gasteiger partial charge in [-0.1, -0.05) is 41.5 Å². The highest BCUT2D eigenvalue weighted by Crippen LogP contribution is 2.31. The van der Waals surface area contributed by atoms with E-state index in [1.54, 1.807) is 0 Å². The van der Waals surface area contributed by atoms with E-state index in [1.165, 1.54) is 0 Å². The number of nitrogens with two attached hydrogens (primary N) is 2. The molecule has 4 N–H and O–H groups in total. The number of carbonyl (C=O) groups is 2. The van der Waals surface area contributed by atoms with E-state index < -0.39 is 29.6 Å². The van der Waals surface area contributed by atoms with E-state index in [-0.39, 0.29) is 23.9 Å². The fourth-order valence-electron chi connectivity index (χ4n) is 2.49. The van der Waals surface area contributed by atoms with E-state index in [9.17, 15) is 9.59 Å². The van der Waals surface area contributed by atoms with Gasteiger partial charge in [0.2, 0.25) is 0 Å². The largest absolute Gasteiger partial charge is 0.464 e. The van der Waals surface area contributed by atoms with Crippen LogP contribution in [0.5, 0.6) is 0 Å². The smallest absolute Gasteiger partial charge is 0.323 e. The van der Waals surface area contributed by atoms with E-state index in [0.29, 0.717) is 6.42 Å². The van der Waals surface area contributed by atoms with Crippen molar-refractivity contribution in [2.24, 2.45) is 28.7 Å². The Morgan fingerprint density at radius 3 is 1.71 bits per heavy atom. The van der Waals surface area contributed by atoms with Crippen molar-refractivity contribution >= 4 is 11.9 Å². The fraction of sp³-hybridized carbons (Fsp3) is 0.889. The third-order valence-electron chi connectivity index (χ3n) is 3.87. The van der Waals surface area contributed by atoms with Crippen molar-refractivity contribution in [1.82, 2.24) is 0 Å². The highest BCUT2D eigenvalue weighted by molar-refractivity contribution is 5.76. The Balaban J connectivity index is 4.66. The van der Waals surface area contributed by atoms with Gasteiger partial charge in [-0.15, -0.1) is 0 Å². The molecule has 2 atom stereocenters. The number of esters is 2. The van der Waals surface area contributed by atoms with Gasteiger partial charge in [-0.25, -0.2) is 0 Å². The summed E-state index contributed by atoms with van der Waals surface area (Å²) in [5.41, 5.74) is 10.5. The van der Waals surface area contributed by atoms with E-state index >= 15 is 0 Å². The molecule has 142 valence electrons. The van der Waals surface area contributed by atoms with Crippen LogP contribution in [-0.2, 0) is 19.1 Å². The van der Waals surface area contributed by atoms with Gasteiger partial charge in [0.25, 0.3) is 0 Å². The molecule has 0 saturated carbocycles. The van der Waals surface area contributed by atoms with Crippen molar-refractivity contribution < 1.29 is 19.1 Å². The molecule has 0 aliphatic rings. The summed E-state index contributed by atoms with van der Waals surface area (Å²) in [4.78, 5) is 24.0. The van der Waals surface area contributed by atoms with E-state index in [4.69, 9.17) is 20.9 Å². The van der Waals surface area contributed by atoms with Crippen LogP contribution in [0.3, 0.4) is 0 Å². The Morgan fingerprint density at radius 1 is 0.875 bits per heavy atom. The summed E-state index contributed by atoms with van der Waals surface area (Å²) in [5.74, 6) is -0.783. The van der Waals surface area contributed by atoms with E-state index in [2.05, 4.69) is 0 Å². The molecule has 0 bridgehead atoms. The SMILES string of the molecule is CC(C)C(N)C(=O)OCC(C)(C)CC(C)(C)OC(=O)C(N)C(C)C. The van der Waals surface area contributed by atoms with Gasteiger partial charge in [0, 0.05) is 5.41 Å². The van der Waals surface area contributed by atoms with Crippen molar-refractivity contribution in [3.63, 3.8) is 0 Å². The van der Waals surface area contributed by atoms with Gasteiger partial charge in [0.15, 0.2) is 0 Å². The molecule has 0 aromatic rings. The summed E-state index contributed by atoms with van der Waals surface area (Å²) in [7, 11) is 0. The Kier molecular flexibility index (Phi) is 8.39. The second-order valence-electron chi connectivity index (χ2n) is 8.67. The lowest BCUT2D eigenvalue weighted by molar-refractivity contribution is -0.165. The molecular formula is C18H36N2O4. The summed E-state index contributed by atoms with van der Waals surface area (Å²) >= 11 is 0. The molecule has 0 aliphatic carbocycles. The van der Waals surface area contributed by atoms with Gasteiger partial charge in [0.05, 0.1) is 6.61 Å². The average Bonchev–Trinajstić information content (AvgIpc) is 2.40. The molecule has 0 amide bonds. The van der Waals surface area contributed by atoms with Gasteiger partial charge in [-0.05, 0) is 32.1 Å². The Labute approximate surface area is 146 Å². The lowest BCUT2D eigenvalue weighted by Crippen LogP contribution is -2.44. The van der Waals surface area contributed by atoms with Gasteiger partial charge in [-0.3, -0.25) is 9.59 Å². The third kappa shape index (κ3) is 8.11. The molecule has 0 heterocycles. The van der Waals surface area contributed by atoms with Crippen LogP contribution in [0, 0.1) is 17.3 Å². The predicted octanol–water partition coefficient (Wildman–Crippen LogP) is 2.23. The first-order valence-corrected chi connectivity index (χ1v) is 8.59. The van der Waals surface area contributed by atoms with Crippen LogP contribution in [0.25, 0.3) is 0 Å². The average molecular weight is 344 g/mol. The highest BCUT2D eigenvalue weighted by atomic mass is 16.6. The minimum Gasteiger partial charge on any atom is -0.464 e. The molecule has 0 fully saturated rings. The Bertz CT molecular complexity index is 431. The minimum atomic E-state index is -0.709. The molecule has 0 saturated heterocycles. The molecule has 0 aromatic heterocycles. The molecule has 0 aromatic carbocycles. The highest BCUT2D eigenvalue weighted by Gasteiger charge is 2.35. The van der Waals surface area contributed by atoms with Crippen molar-refractivity contribution in [3.8, 4) is 0 Å². The lowest BCUT2D eigenvalue weighted by Gasteiger charge is -2.35. The van der Waals surface area contributed by atoms with Crippen molar-refractivity contribution in [1.29, 1.82) is 0 Å². The summed E-state index contributed by atoms with van der Waals surface area (Å²) in [6.45, 7) is 15.3. The summed E-state index contributed by atoms with van der Waals surface area (Å²) in [6.07, 6.45) is 0.529. The van der Waals surface area contributed by atoms with Crippen LogP contribution in [0.15, 0.2) is 0 Å². The summed E-state index contributed by atoms with van der Waals surface area (Å²) in [6, 6.07) is -1.27. The third-order valence-corrected chi connectivity index (χ3v) is 3.87. The zero-order valence-electron chi connectivity index (χ0n) is 16.5. The van der Waals surface area contributed by atoms with Crippen LogP contribution < -0.4 is 11.5 Å². The molecule has 6 nitrogen and oxygen atoms in total. The van der Waals surface area contributed by atoms with Crippen LogP contribution in [0.1, 0.15) is 61.8 Å². The van der Waals surface area contributed by atoms with Gasteiger partial charge in [0.1, 0.15) is 17.7 Å². The first kappa shape index (κ1) is 22.9. The van der Waals surface area contributed by atoms with Crippen LogP contribution >= 0.6 is 0 Å². The number of ether oxygens (including phenoxy) is 2. The topological polar surface area (TPSA) is 105 Å². The van der Waals surface area contributed by atoms with E-state index in [0.717, 1.165) is 0 Å². The first-order valence-electron chi connectivity index (χ1n) is 8.59. The molecule has 0 aliphatic heterocycles. The molecule has 24 heavy (non-hydrogen) atoms. The second-order valence-corrected chi connectivity index (χ2v) is 8.67. The standard InChI is InChI=1S/C18H36N2O4/c1-11(2)13(19)15(21)23-10-17(5,6)9-18(7,8)24-16(22)14(20)12(3)4/h11-14H,9-10,19-20H2,1-8H3. The molecule has 2 unspecified atom stereocenters. The van der Waals surface area contributed by atoms with Crippen molar-refractivity contribution in [2.45, 2.75) is 79.5 Å².